The highest BCUT2D eigenvalue weighted by Gasteiger charge is 2.13. The molecule has 1 aromatic carbocycles. The molecule has 0 fully saturated rings. The summed E-state index contributed by atoms with van der Waals surface area (Å²) in [7, 11) is 3.13. The van der Waals surface area contributed by atoms with Crippen LogP contribution in [0.15, 0.2) is 18.2 Å². The molecule has 2 aromatic rings. The van der Waals surface area contributed by atoms with Crippen LogP contribution in [0, 0.1) is 13.8 Å². The largest absolute Gasteiger partial charge is 0.497 e. The molecular weight excluding hydrogens is 274 g/mol. The maximum Gasteiger partial charge on any atom is 0.169 e. The Morgan fingerprint density at radius 2 is 1.75 bits per heavy atom. The first-order valence-electron chi connectivity index (χ1n) is 6.22. The molecule has 0 radical (unpaired) electrons. The third-order valence-electron chi connectivity index (χ3n) is 3.06. The summed E-state index contributed by atoms with van der Waals surface area (Å²) < 4.78 is 10.4. The fourth-order valence-corrected chi connectivity index (χ4v) is 2.76. The average molecular weight is 291 g/mol. The zero-order chi connectivity index (χ0) is 14.7. The molecule has 0 bridgehead atoms. The molecule has 106 valence electrons. The van der Waals surface area contributed by atoms with Gasteiger partial charge in [0.05, 0.1) is 26.3 Å². The molecule has 0 aliphatic carbocycles. The van der Waals surface area contributed by atoms with Crippen LogP contribution in [0.4, 0.5) is 0 Å². The summed E-state index contributed by atoms with van der Waals surface area (Å²) in [5.74, 6) is 1.23. The van der Waals surface area contributed by atoms with E-state index < -0.39 is 0 Å². The molecule has 0 amide bonds. The monoisotopic (exact) mass is 291 g/mol. The van der Waals surface area contributed by atoms with Crippen LogP contribution in [0.2, 0.25) is 0 Å². The number of rotatable bonds is 5. The van der Waals surface area contributed by atoms with Crippen molar-refractivity contribution in [2.75, 3.05) is 14.2 Å². The van der Waals surface area contributed by atoms with Gasteiger partial charge in [0.15, 0.2) is 5.78 Å². The average Bonchev–Trinajstić information content (AvgIpc) is 2.76. The quantitative estimate of drug-likeness (QED) is 0.794. The van der Waals surface area contributed by atoms with Crippen LogP contribution in [-0.2, 0) is 6.42 Å². The van der Waals surface area contributed by atoms with Gasteiger partial charge < -0.3 is 9.47 Å². The minimum absolute atomic E-state index is 0.0101. The molecule has 0 aliphatic heterocycles. The fourth-order valence-electron chi connectivity index (χ4n) is 1.82. The van der Waals surface area contributed by atoms with Crippen LogP contribution in [0.5, 0.6) is 11.5 Å². The highest BCUT2D eigenvalue weighted by Crippen LogP contribution is 2.24. The standard InChI is InChI=1S/C15H17NO3S/c1-9-10(2)20-15(16-9)8-14(17)11-5-12(18-3)7-13(6-11)19-4/h5-7H,8H2,1-4H3. The Balaban J connectivity index is 2.24. The van der Waals surface area contributed by atoms with Crippen LogP contribution in [0.3, 0.4) is 0 Å². The second-order valence-corrected chi connectivity index (χ2v) is 5.74. The van der Waals surface area contributed by atoms with Crippen molar-refractivity contribution in [3.05, 3.63) is 39.3 Å². The van der Waals surface area contributed by atoms with Crippen LogP contribution in [-0.4, -0.2) is 25.0 Å². The normalized spacial score (nSPS) is 10.4. The minimum atomic E-state index is 0.0101. The smallest absolute Gasteiger partial charge is 0.169 e. The molecule has 0 atom stereocenters. The molecule has 0 unspecified atom stereocenters. The predicted molar refractivity (Wildman–Crippen MR) is 79.2 cm³/mol. The van der Waals surface area contributed by atoms with Gasteiger partial charge in [-0.15, -0.1) is 11.3 Å². The molecule has 4 nitrogen and oxygen atoms in total. The number of methoxy groups -OCH3 is 2. The number of aryl methyl sites for hydroxylation is 2. The first-order valence-corrected chi connectivity index (χ1v) is 7.04. The summed E-state index contributed by atoms with van der Waals surface area (Å²) in [4.78, 5) is 17.9. The predicted octanol–water partition coefficient (Wildman–Crippen LogP) is 3.20. The number of aromatic nitrogens is 1. The maximum atomic E-state index is 12.3. The number of ether oxygens (including phenoxy) is 2. The lowest BCUT2D eigenvalue weighted by atomic mass is 10.1. The molecule has 0 saturated carbocycles. The van der Waals surface area contributed by atoms with Gasteiger partial charge in [0.1, 0.15) is 16.5 Å². The van der Waals surface area contributed by atoms with Gasteiger partial charge in [-0.05, 0) is 26.0 Å². The van der Waals surface area contributed by atoms with E-state index in [9.17, 15) is 4.79 Å². The van der Waals surface area contributed by atoms with Crippen molar-refractivity contribution < 1.29 is 14.3 Å². The summed E-state index contributed by atoms with van der Waals surface area (Å²) in [6.45, 7) is 3.96. The molecule has 0 spiro atoms. The third-order valence-corrected chi connectivity index (χ3v) is 4.13. The molecule has 1 aromatic heterocycles. The van der Waals surface area contributed by atoms with E-state index in [0.717, 1.165) is 15.6 Å². The van der Waals surface area contributed by atoms with Crippen molar-refractivity contribution >= 4 is 17.1 Å². The van der Waals surface area contributed by atoms with Crippen molar-refractivity contribution in [1.82, 2.24) is 4.98 Å². The number of carbonyl (C=O) groups excluding carboxylic acids is 1. The van der Waals surface area contributed by atoms with E-state index >= 15 is 0 Å². The minimum Gasteiger partial charge on any atom is -0.497 e. The van der Waals surface area contributed by atoms with E-state index in [1.807, 2.05) is 13.8 Å². The lowest BCUT2D eigenvalue weighted by Gasteiger charge is -2.07. The maximum absolute atomic E-state index is 12.3. The Bertz CT molecular complexity index is 592. The van der Waals surface area contributed by atoms with Gasteiger partial charge in [0.2, 0.25) is 0 Å². The number of benzene rings is 1. The second-order valence-electron chi connectivity index (χ2n) is 4.45. The molecule has 0 N–H and O–H groups in total. The van der Waals surface area contributed by atoms with Crippen LogP contribution < -0.4 is 9.47 Å². The van der Waals surface area contributed by atoms with Gasteiger partial charge in [-0.1, -0.05) is 0 Å². The topological polar surface area (TPSA) is 48.4 Å². The number of hydrogen-bond donors (Lipinski definition) is 0. The van der Waals surface area contributed by atoms with E-state index in [1.54, 1.807) is 43.8 Å². The SMILES string of the molecule is COc1cc(OC)cc(C(=O)Cc2nc(C)c(C)s2)c1. The van der Waals surface area contributed by atoms with Gasteiger partial charge in [-0.2, -0.15) is 0 Å². The zero-order valence-corrected chi connectivity index (χ0v) is 12.8. The third kappa shape index (κ3) is 3.17. The highest BCUT2D eigenvalue weighted by molar-refractivity contribution is 7.11. The van der Waals surface area contributed by atoms with E-state index in [1.165, 1.54) is 0 Å². The Labute approximate surface area is 122 Å². The summed E-state index contributed by atoms with van der Waals surface area (Å²) in [5, 5.41) is 0.840. The summed E-state index contributed by atoms with van der Waals surface area (Å²) >= 11 is 1.56. The Hall–Kier alpha value is -1.88. The molecule has 20 heavy (non-hydrogen) atoms. The van der Waals surface area contributed by atoms with Crippen molar-refractivity contribution in [3.8, 4) is 11.5 Å². The van der Waals surface area contributed by atoms with E-state index in [2.05, 4.69) is 4.98 Å². The van der Waals surface area contributed by atoms with E-state index in [4.69, 9.17) is 9.47 Å². The van der Waals surface area contributed by atoms with Crippen molar-refractivity contribution in [3.63, 3.8) is 0 Å². The first kappa shape index (κ1) is 14.5. The number of hydrogen-bond acceptors (Lipinski definition) is 5. The van der Waals surface area contributed by atoms with Crippen LogP contribution in [0.25, 0.3) is 0 Å². The van der Waals surface area contributed by atoms with Gasteiger partial charge in [0.25, 0.3) is 0 Å². The zero-order valence-electron chi connectivity index (χ0n) is 12.0. The number of ketones is 1. The Morgan fingerprint density at radius 3 is 2.20 bits per heavy atom. The van der Waals surface area contributed by atoms with Gasteiger partial charge in [0, 0.05) is 16.5 Å². The molecule has 2 rings (SSSR count). The number of nitrogens with zero attached hydrogens (tertiary/aromatic N) is 1. The van der Waals surface area contributed by atoms with Crippen LogP contribution in [0.1, 0.15) is 25.9 Å². The van der Waals surface area contributed by atoms with Gasteiger partial charge in [-0.25, -0.2) is 4.98 Å². The van der Waals surface area contributed by atoms with E-state index in [0.29, 0.717) is 23.5 Å². The van der Waals surface area contributed by atoms with Crippen molar-refractivity contribution in [1.29, 1.82) is 0 Å². The lowest BCUT2D eigenvalue weighted by Crippen LogP contribution is -2.04. The Morgan fingerprint density at radius 1 is 1.15 bits per heavy atom. The lowest BCUT2D eigenvalue weighted by molar-refractivity contribution is 0.0992. The number of Topliss-reactive ketones (excluding diaryl/α,β-unsaturated/α-hetero) is 1. The highest BCUT2D eigenvalue weighted by atomic mass is 32.1. The van der Waals surface area contributed by atoms with Crippen molar-refractivity contribution in [2.24, 2.45) is 0 Å². The summed E-state index contributed by atoms with van der Waals surface area (Å²) in [6.07, 6.45) is 0.301. The molecule has 1 heterocycles. The van der Waals surface area contributed by atoms with Gasteiger partial charge >= 0.3 is 0 Å². The fraction of sp³-hybridized carbons (Fsp3) is 0.333. The molecular formula is C15H17NO3S. The molecule has 5 heteroatoms. The molecule has 0 aliphatic rings. The summed E-state index contributed by atoms with van der Waals surface area (Å²) in [5.41, 5.74) is 1.56. The van der Waals surface area contributed by atoms with Gasteiger partial charge in [-0.3, -0.25) is 4.79 Å². The first-order chi connectivity index (χ1) is 9.53. The Kier molecular flexibility index (Phi) is 4.39. The number of carbonyl (C=O) groups is 1. The summed E-state index contributed by atoms with van der Waals surface area (Å²) in [6, 6.07) is 5.19. The van der Waals surface area contributed by atoms with E-state index in [-0.39, 0.29) is 5.78 Å². The van der Waals surface area contributed by atoms with Crippen molar-refractivity contribution in [2.45, 2.75) is 20.3 Å². The number of thiazole rings is 1. The second kappa shape index (κ2) is 6.05. The van der Waals surface area contributed by atoms with Crippen LogP contribution >= 0.6 is 11.3 Å². The molecule has 0 saturated heterocycles.